The van der Waals surface area contributed by atoms with E-state index in [0.717, 1.165) is 33.6 Å². The van der Waals surface area contributed by atoms with Crippen molar-refractivity contribution in [1.29, 1.82) is 0 Å². The van der Waals surface area contributed by atoms with Crippen LogP contribution in [-0.4, -0.2) is 36.2 Å². The van der Waals surface area contributed by atoms with Gasteiger partial charge in [-0.05, 0) is 98.1 Å². The number of carbonyl (C=O) groups is 2. The van der Waals surface area contributed by atoms with Crippen LogP contribution in [0.15, 0.2) is 102 Å². The van der Waals surface area contributed by atoms with Crippen LogP contribution < -0.4 is 20.2 Å². The molecule has 0 fully saturated rings. The quantitative estimate of drug-likeness (QED) is 0.0890. The lowest BCUT2D eigenvalue weighted by molar-refractivity contribution is -0.116. The Morgan fingerprint density at radius 1 is 0.933 bits per heavy atom. The summed E-state index contributed by atoms with van der Waals surface area (Å²) in [4.78, 5) is 30.7. The largest absolute Gasteiger partial charge is 0.497 e. The summed E-state index contributed by atoms with van der Waals surface area (Å²) < 4.78 is 11.1. The van der Waals surface area contributed by atoms with Crippen molar-refractivity contribution in [3.63, 3.8) is 0 Å². The number of hydrogen-bond acceptors (Lipinski definition) is 6. The fourth-order valence-electron chi connectivity index (χ4n) is 4.77. The number of anilines is 1. The van der Waals surface area contributed by atoms with Crippen LogP contribution in [0.25, 0.3) is 22.2 Å². The van der Waals surface area contributed by atoms with Gasteiger partial charge in [-0.25, -0.2) is 10.4 Å². The van der Waals surface area contributed by atoms with Crippen molar-refractivity contribution in [2.24, 2.45) is 5.10 Å². The normalized spacial score (nSPS) is 11.2. The second kappa shape index (κ2) is 14.5. The van der Waals surface area contributed by atoms with E-state index in [1.165, 1.54) is 0 Å². The Morgan fingerprint density at radius 3 is 2.51 bits per heavy atom. The van der Waals surface area contributed by atoms with Crippen LogP contribution in [0.3, 0.4) is 0 Å². The highest BCUT2D eigenvalue weighted by Crippen LogP contribution is 2.27. The summed E-state index contributed by atoms with van der Waals surface area (Å²) >= 11 is 6.00. The predicted molar refractivity (Wildman–Crippen MR) is 179 cm³/mol. The molecule has 228 valence electrons. The Hall–Kier alpha value is -5.21. The first-order valence-corrected chi connectivity index (χ1v) is 14.9. The number of nitrogens with zero attached hydrogens (tertiary/aromatic N) is 2. The molecule has 4 aromatic carbocycles. The van der Waals surface area contributed by atoms with Crippen molar-refractivity contribution in [1.82, 2.24) is 10.4 Å². The number of fused-ring (bicyclic) bond motifs is 1. The van der Waals surface area contributed by atoms with Gasteiger partial charge >= 0.3 is 0 Å². The molecule has 0 aliphatic carbocycles. The lowest BCUT2D eigenvalue weighted by Crippen LogP contribution is -2.20. The van der Waals surface area contributed by atoms with E-state index >= 15 is 0 Å². The molecule has 0 aliphatic rings. The molecule has 0 aliphatic heterocycles. The van der Waals surface area contributed by atoms with Gasteiger partial charge in [0.05, 0.1) is 36.2 Å². The van der Waals surface area contributed by atoms with Crippen molar-refractivity contribution in [3.8, 4) is 22.8 Å². The van der Waals surface area contributed by atoms with Crippen LogP contribution >= 0.6 is 11.6 Å². The molecule has 2 N–H and O–H groups in total. The van der Waals surface area contributed by atoms with Gasteiger partial charge in [-0.15, -0.1) is 0 Å². The van der Waals surface area contributed by atoms with Crippen LogP contribution in [0, 0.1) is 6.92 Å². The molecule has 0 radical (unpaired) electrons. The number of ether oxygens (including phenoxy) is 2. The molecule has 0 bridgehead atoms. The first-order valence-electron chi connectivity index (χ1n) is 14.5. The number of amides is 2. The van der Waals surface area contributed by atoms with E-state index in [9.17, 15) is 9.59 Å². The average Bonchev–Trinajstić information content (AvgIpc) is 3.05. The molecule has 0 unspecified atom stereocenters. The lowest BCUT2D eigenvalue weighted by atomic mass is 10.0. The maximum atomic E-state index is 13.4. The van der Waals surface area contributed by atoms with E-state index < -0.39 is 0 Å². The summed E-state index contributed by atoms with van der Waals surface area (Å²) in [6, 6.07) is 29.6. The standard InChI is InChI=1S/C36H33ClN4O4/c1-23-20-27(37)15-18-34(23)45-19-7-12-35(42)38-28-9-6-8-26(21-28)24(2)40-41-36(43)31-22-33(25-13-16-29(44-3)17-14-25)39-32-11-5-4-10-30(31)32/h4-6,8-11,13-18,20-22H,7,12,19H2,1-3H3,(H,38,42)(H,41,43). The van der Waals surface area contributed by atoms with E-state index in [2.05, 4.69) is 15.8 Å². The van der Waals surface area contributed by atoms with Gasteiger partial charge in [-0.2, -0.15) is 5.10 Å². The van der Waals surface area contributed by atoms with E-state index in [1.54, 1.807) is 26.2 Å². The number of benzene rings is 4. The third-order valence-electron chi connectivity index (χ3n) is 7.18. The smallest absolute Gasteiger partial charge is 0.272 e. The Kier molecular flexibility index (Phi) is 10.1. The first-order chi connectivity index (χ1) is 21.8. The average molecular weight is 621 g/mol. The monoisotopic (exact) mass is 620 g/mol. The summed E-state index contributed by atoms with van der Waals surface area (Å²) in [6.07, 6.45) is 0.863. The molecular formula is C36H33ClN4O4. The van der Waals surface area contributed by atoms with Crippen LogP contribution in [0.1, 0.15) is 41.3 Å². The molecule has 0 saturated heterocycles. The van der Waals surface area contributed by atoms with Crippen LogP contribution in [0.4, 0.5) is 5.69 Å². The third-order valence-corrected chi connectivity index (χ3v) is 7.41. The van der Waals surface area contributed by atoms with Gasteiger partial charge in [-0.3, -0.25) is 9.59 Å². The number of para-hydroxylation sites is 1. The summed E-state index contributed by atoms with van der Waals surface area (Å²) in [5.74, 6) is 1.01. The van der Waals surface area contributed by atoms with Gasteiger partial charge in [-0.1, -0.05) is 41.9 Å². The molecule has 45 heavy (non-hydrogen) atoms. The number of methoxy groups -OCH3 is 1. The second-order valence-electron chi connectivity index (χ2n) is 10.4. The first kappa shape index (κ1) is 31.2. The maximum Gasteiger partial charge on any atom is 0.272 e. The van der Waals surface area contributed by atoms with E-state index in [1.807, 2.05) is 91.9 Å². The van der Waals surface area contributed by atoms with Crippen molar-refractivity contribution in [2.75, 3.05) is 19.0 Å². The summed E-state index contributed by atoms with van der Waals surface area (Å²) in [5, 5.41) is 8.67. The highest BCUT2D eigenvalue weighted by atomic mass is 35.5. The summed E-state index contributed by atoms with van der Waals surface area (Å²) in [5.41, 5.74) is 8.30. The fourth-order valence-corrected chi connectivity index (χ4v) is 4.99. The fraction of sp³-hybridized carbons (Fsp3) is 0.167. The minimum absolute atomic E-state index is 0.122. The molecule has 1 aromatic heterocycles. The molecule has 2 amide bonds. The number of hydrazone groups is 1. The van der Waals surface area contributed by atoms with Gasteiger partial charge < -0.3 is 14.8 Å². The number of aryl methyl sites for hydroxylation is 1. The second-order valence-corrected chi connectivity index (χ2v) is 10.9. The number of hydrogen-bond donors (Lipinski definition) is 2. The zero-order valence-corrected chi connectivity index (χ0v) is 26.0. The molecule has 0 saturated carbocycles. The number of aromatic nitrogens is 1. The predicted octanol–water partition coefficient (Wildman–Crippen LogP) is 7.82. The minimum atomic E-state index is -0.358. The van der Waals surface area contributed by atoms with Crippen LogP contribution in [-0.2, 0) is 4.79 Å². The minimum Gasteiger partial charge on any atom is -0.497 e. The Bertz CT molecular complexity index is 1870. The Labute approximate surface area is 267 Å². The van der Waals surface area contributed by atoms with Crippen molar-refractivity contribution >= 4 is 45.7 Å². The summed E-state index contributed by atoms with van der Waals surface area (Å²) in [7, 11) is 1.61. The van der Waals surface area contributed by atoms with E-state index in [0.29, 0.717) is 52.6 Å². The van der Waals surface area contributed by atoms with Gasteiger partial charge in [0, 0.05) is 28.1 Å². The molecule has 5 rings (SSSR count). The Morgan fingerprint density at radius 2 is 1.73 bits per heavy atom. The van der Waals surface area contributed by atoms with Crippen molar-refractivity contribution in [2.45, 2.75) is 26.7 Å². The van der Waals surface area contributed by atoms with Gasteiger partial charge in [0.2, 0.25) is 5.91 Å². The van der Waals surface area contributed by atoms with E-state index in [4.69, 9.17) is 26.1 Å². The molecule has 8 nitrogen and oxygen atoms in total. The van der Waals surface area contributed by atoms with Gasteiger partial charge in [0.25, 0.3) is 5.91 Å². The van der Waals surface area contributed by atoms with Crippen LogP contribution in [0.5, 0.6) is 11.5 Å². The van der Waals surface area contributed by atoms with Crippen molar-refractivity contribution in [3.05, 3.63) is 119 Å². The molecule has 5 aromatic rings. The zero-order chi connectivity index (χ0) is 31.8. The number of pyridine rings is 1. The lowest BCUT2D eigenvalue weighted by Gasteiger charge is -2.11. The molecular weight excluding hydrogens is 588 g/mol. The number of nitrogens with one attached hydrogen (secondary N) is 2. The Balaban J connectivity index is 1.22. The third kappa shape index (κ3) is 8.04. The highest BCUT2D eigenvalue weighted by molar-refractivity contribution is 6.30. The van der Waals surface area contributed by atoms with Crippen LogP contribution in [0.2, 0.25) is 5.02 Å². The molecule has 9 heteroatoms. The zero-order valence-electron chi connectivity index (χ0n) is 25.3. The SMILES string of the molecule is COc1ccc(-c2cc(C(=O)NN=C(C)c3cccc(NC(=O)CCCOc4ccc(Cl)cc4C)c3)c3ccccc3n2)cc1. The number of carbonyl (C=O) groups excluding carboxylic acids is 2. The molecule has 0 spiro atoms. The van der Waals surface area contributed by atoms with Crippen molar-refractivity contribution < 1.29 is 19.1 Å². The van der Waals surface area contributed by atoms with E-state index in [-0.39, 0.29) is 11.8 Å². The van der Waals surface area contributed by atoms with Gasteiger partial charge in [0.1, 0.15) is 11.5 Å². The number of halogens is 1. The summed E-state index contributed by atoms with van der Waals surface area (Å²) in [6.45, 7) is 4.14. The van der Waals surface area contributed by atoms with Gasteiger partial charge in [0.15, 0.2) is 0 Å². The molecule has 1 heterocycles. The topological polar surface area (TPSA) is 102 Å². The highest BCUT2D eigenvalue weighted by Gasteiger charge is 2.14. The molecule has 0 atom stereocenters. The maximum absolute atomic E-state index is 13.4. The number of rotatable bonds is 11.